The number of anilines is 1. The molecule has 84 valence electrons. The Labute approximate surface area is 98.0 Å². The van der Waals surface area contributed by atoms with Crippen LogP contribution in [0.15, 0.2) is 18.2 Å². The van der Waals surface area contributed by atoms with E-state index in [1.54, 1.807) is 18.2 Å². The largest absolute Gasteiger partial charge is 0.319 e. The van der Waals surface area contributed by atoms with Gasteiger partial charge in [-0.25, -0.2) is 4.90 Å². The molecule has 1 fully saturated rings. The third-order valence-corrected chi connectivity index (χ3v) is 2.83. The molecule has 5 heteroatoms. The van der Waals surface area contributed by atoms with Crippen LogP contribution in [0.2, 0.25) is 5.02 Å². The predicted molar refractivity (Wildman–Crippen MR) is 61.3 cm³/mol. The number of amides is 2. The lowest BCUT2D eigenvalue weighted by atomic mass is 10.2. The maximum atomic E-state index is 11.7. The van der Waals surface area contributed by atoms with Crippen LogP contribution in [0.25, 0.3) is 0 Å². The molecule has 0 aromatic heterocycles. The van der Waals surface area contributed by atoms with Crippen LogP contribution in [0.5, 0.6) is 0 Å². The molecule has 2 rings (SSSR count). The molecule has 1 aliphatic rings. The first kappa shape index (κ1) is 11.1. The zero-order chi connectivity index (χ0) is 11.9. The van der Waals surface area contributed by atoms with Gasteiger partial charge in [-0.2, -0.15) is 0 Å². The molecule has 1 aromatic rings. The summed E-state index contributed by atoms with van der Waals surface area (Å²) in [5, 5.41) is 0.488. The first-order valence-corrected chi connectivity index (χ1v) is 5.27. The highest BCUT2D eigenvalue weighted by Gasteiger charge is 2.37. The molecule has 0 spiro atoms. The van der Waals surface area contributed by atoms with E-state index in [2.05, 4.69) is 0 Å². The Morgan fingerprint density at radius 2 is 2.12 bits per heavy atom. The van der Waals surface area contributed by atoms with Gasteiger partial charge in [0.2, 0.25) is 5.91 Å². The zero-order valence-electron chi connectivity index (χ0n) is 8.74. The number of benzene rings is 1. The molecule has 1 saturated heterocycles. The number of carbonyl (C=O) groups is 2. The molecule has 1 heterocycles. The van der Waals surface area contributed by atoms with Gasteiger partial charge in [-0.3, -0.25) is 9.59 Å². The second kappa shape index (κ2) is 3.88. The molecule has 0 unspecified atom stereocenters. The van der Waals surface area contributed by atoms with Gasteiger partial charge in [0.1, 0.15) is 0 Å². The van der Waals surface area contributed by atoms with Crippen LogP contribution in [0.4, 0.5) is 5.69 Å². The Morgan fingerprint density at radius 3 is 2.69 bits per heavy atom. The number of aryl methyl sites for hydroxylation is 1. The molecular formula is C11H11ClN2O2. The molecule has 0 radical (unpaired) electrons. The fourth-order valence-corrected chi connectivity index (χ4v) is 1.90. The molecule has 2 amide bonds. The van der Waals surface area contributed by atoms with E-state index in [1.165, 1.54) is 0 Å². The summed E-state index contributed by atoms with van der Waals surface area (Å²) in [5.41, 5.74) is 6.88. The average Bonchev–Trinajstić information content (AvgIpc) is 2.46. The summed E-state index contributed by atoms with van der Waals surface area (Å²) >= 11 is 5.85. The smallest absolute Gasteiger partial charge is 0.251 e. The predicted octanol–water partition coefficient (Wildman–Crippen LogP) is 1.24. The van der Waals surface area contributed by atoms with E-state index >= 15 is 0 Å². The van der Waals surface area contributed by atoms with Gasteiger partial charge in [0.05, 0.1) is 18.2 Å². The molecular weight excluding hydrogens is 228 g/mol. The van der Waals surface area contributed by atoms with E-state index in [1.807, 2.05) is 6.92 Å². The van der Waals surface area contributed by atoms with Crippen molar-refractivity contribution in [2.75, 3.05) is 4.90 Å². The van der Waals surface area contributed by atoms with Crippen molar-refractivity contribution in [3.63, 3.8) is 0 Å². The van der Waals surface area contributed by atoms with Crippen molar-refractivity contribution in [3.05, 3.63) is 28.8 Å². The van der Waals surface area contributed by atoms with Crippen molar-refractivity contribution in [2.24, 2.45) is 5.73 Å². The number of hydrogen-bond acceptors (Lipinski definition) is 3. The minimum atomic E-state index is -0.731. The van der Waals surface area contributed by atoms with E-state index < -0.39 is 6.04 Å². The average molecular weight is 239 g/mol. The van der Waals surface area contributed by atoms with E-state index in [-0.39, 0.29) is 18.2 Å². The lowest BCUT2D eigenvalue weighted by molar-refractivity contribution is -0.121. The van der Waals surface area contributed by atoms with Crippen molar-refractivity contribution < 1.29 is 9.59 Å². The number of imide groups is 1. The van der Waals surface area contributed by atoms with Gasteiger partial charge in [0, 0.05) is 5.02 Å². The van der Waals surface area contributed by atoms with Gasteiger partial charge in [-0.05, 0) is 24.6 Å². The highest BCUT2D eigenvalue weighted by atomic mass is 35.5. The normalized spacial score (nSPS) is 20.7. The third-order valence-electron chi connectivity index (χ3n) is 2.59. The summed E-state index contributed by atoms with van der Waals surface area (Å²) in [4.78, 5) is 24.5. The third kappa shape index (κ3) is 1.70. The number of rotatable bonds is 1. The second-order valence-electron chi connectivity index (χ2n) is 3.81. The van der Waals surface area contributed by atoms with Gasteiger partial charge in [0.25, 0.3) is 5.91 Å². The Bertz CT molecular complexity index is 473. The van der Waals surface area contributed by atoms with Crippen LogP contribution in [0.3, 0.4) is 0 Å². The van der Waals surface area contributed by atoms with Crippen LogP contribution < -0.4 is 10.6 Å². The topological polar surface area (TPSA) is 63.4 Å². The van der Waals surface area contributed by atoms with E-state index in [9.17, 15) is 9.59 Å². The Balaban J connectivity index is 2.48. The SMILES string of the molecule is Cc1ccc(Cl)cc1N1C(=O)C[C@@H](N)C1=O. The van der Waals surface area contributed by atoms with Crippen LogP contribution in [0.1, 0.15) is 12.0 Å². The summed E-state index contributed by atoms with van der Waals surface area (Å²) in [6, 6.07) is 4.35. The fraction of sp³-hybridized carbons (Fsp3) is 0.273. The molecule has 1 aromatic carbocycles. The summed E-state index contributed by atoms with van der Waals surface area (Å²) in [7, 11) is 0. The molecule has 16 heavy (non-hydrogen) atoms. The van der Waals surface area contributed by atoms with Crippen molar-refractivity contribution >= 4 is 29.1 Å². The Hall–Kier alpha value is -1.39. The highest BCUT2D eigenvalue weighted by Crippen LogP contribution is 2.28. The van der Waals surface area contributed by atoms with E-state index in [0.29, 0.717) is 10.7 Å². The van der Waals surface area contributed by atoms with E-state index in [4.69, 9.17) is 17.3 Å². The van der Waals surface area contributed by atoms with Crippen molar-refractivity contribution in [3.8, 4) is 0 Å². The first-order chi connectivity index (χ1) is 7.50. The molecule has 0 aliphatic carbocycles. The summed E-state index contributed by atoms with van der Waals surface area (Å²) < 4.78 is 0. The Morgan fingerprint density at radius 1 is 1.44 bits per heavy atom. The molecule has 2 N–H and O–H groups in total. The minimum absolute atomic E-state index is 0.0603. The number of carbonyl (C=O) groups excluding carboxylic acids is 2. The maximum absolute atomic E-state index is 11.7. The van der Waals surface area contributed by atoms with Crippen LogP contribution >= 0.6 is 11.6 Å². The molecule has 0 bridgehead atoms. The van der Waals surface area contributed by atoms with Gasteiger partial charge in [-0.1, -0.05) is 17.7 Å². The lowest BCUT2D eigenvalue weighted by Gasteiger charge is -2.17. The van der Waals surface area contributed by atoms with Crippen molar-refractivity contribution in [1.82, 2.24) is 0 Å². The summed E-state index contributed by atoms with van der Waals surface area (Å²) in [6.45, 7) is 1.82. The molecule has 0 saturated carbocycles. The maximum Gasteiger partial charge on any atom is 0.251 e. The van der Waals surface area contributed by atoms with Gasteiger partial charge in [0.15, 0.2) is 0 Å². The number of halogens is 1. The quantitative estimate of drug-likeness (QED) is 0.749. The fourth-order valence-electron chi connectivity index (χ4n) is 1.73. The van der Waals surface area contributed by atoms with Gasteiger partial charge < -0.3 is 5.73 Å². The molecule has 4 nitrogen and oxygen atoms in total. The number of nitrogens with two attached hydrogens (primary N) is 1. The summed E-state index contributed by atoms with van der Waals surface area (Å²) in [6.07, 6.45) is 0.0603. The number of hydrogen-bond donors (Lipinski definition) is 1. The lowest BCUT2D eigenvalue weighted by Crippen LogP contribution is -2.35. The van der Waals surface area contributed by atoms with Gasteiger partial charge in [-0.15, -0.1) is 0 Å². The number of nitrogens with zero attached hydrogens (tertiary/aromatic N) is 1. The standard InChI is InChI=1S/C11H11ClN2O2/c1-6-2-3-7(12)4-9(6)14-10(15)5-8(13)11(14)16/h2-4,8H,5,13H2,1H3/t8-/m1/s1. The zero-order valence-corrected chi connectivity index (χ0v) is 9.49. The van der Waals surface area contributed by atoms with Gasteiger partial charge >= 0.3 is 0 Å². The van der Waals surface area contributed by atoms with Crippen LogP contribution in [-0.4, -0.2) is 17.9 Å². The second-order valence-corrected chi connectivity index (χ2v) is 4.25. The van der Waals surface area contributed by atoms with Crippen LogP contribution in [-0.2, 0) is 9.59 Å². The monoisotopic (exact) mass is 238 g/mol. The molecule has 1 atom stereocenters. The minimum Gasteiger partial charge on any atom is -0.319 e. The van der Waals surface area contributed by atoms with Crippen LogP contribution in [0, 0.1) is 6.92 Å². The molecule has 1 aliphatic heterocycles. The van der Waals surface area contributed by atoms with Crippen molar-refractivity contribution in [2.45, 2.75) is 19.4 Å². The van der Waals surface area contributed by atoms with E-state index in [0.717, 1.165) is 10.5 Å². The first-order valence-electron chi connectivity index (χ1n) is 4.89. The van der Waals surface area contributed by atoms with Crippen molar-refractivity contribution in [1.29, 1.82) is 0 Å². The summed E-state index contributed by atoms with van der Waals surface area (Å²) in [5.74, 6) is -0.641. The Kier molecular flexibility index (Phi) is 2.69. The highest BCUT2D eigenvalue weighted by molar-refractivity contribution is 6.31.